The first kappa shape index (κ1) is 50.4. The van der Waals surface area contributed by atoms with E-state index < -0.39 is 62.8 Å². The van der Waals surface area contributed by atoms with E-state index in [0.29, 0.717) is 60.6 Å². The van der Waals surface area contributed by atoms with Gasteiger partial charge in [-0.1, -0.05) is 84.4 Å². The average molecular weight is 1060 g/mol. The van der Waals surface area contributed by atoms with Crippen molar-refractivity contribution in [2.75, 3.05) is 49.5 Å². The Kier molecular flexibility index (Phi) is 14.4. The van der Waals surface area contributed by atoms with Crippen LogP contribution in [0.1, 0.15) is 28.8 Å². The highest BCUT2D eigenvalue weighted by Gasteiger charge is 2.49. The molecule has 0 aliphatic carbocycles. The Morgan fingerprint density at radius 3 is 2.14 bits per heavy atom. The number of fused-ring (bicyclic) bond motifs is 1. The molecule has 2 aliphatic heterocycles. The zero-order valence-electron chi connectivity index (χ0n) is 38.2. The molecule has 3 heterocycles. The van der Waals surface area contributed by atoms with E-state index in [1.165, 1.54) is 22.6 Å². The van der Waals surface area contributed by atoms with Gasteiger partial charge in [0.25, 0.3) is 25.8 Å². The Morgan fingerprint density at radius 2 is 1.42 bits per heavy atom. The number of amides is 1. The van der Waals surface area contributed by atoms with E-state index in [-0.39, 0.29) is 47.7 Å². The number of benzene rings is 6. The number of hydrogen-bond acceptors (Lipinski definition) is 12. The lowest BCUT2D eigenvalue weighted by Gasteiger charge is -2.36. The van der Waals surface area contributed by atoms with E-state index in [0.717, 1.165) is 28.8 Å². The van der Waals surface area contributed by atoms with Crippen LogP contribution in [0.15, 0.2) is 166 Å². The maximum Gasteiger partial charge on any atom is 0.501 e. The van der Waals surface area contributed by atoms with Gasteiger partial charge in [0.05, 0.1) is 21.7 Å². The van der Waals surface area contributed by atoms with Crippen LogP contribution in [0.3, 0.4) is 0 Å². The Bertz CT molecular complexity index is 3480. The summed E-state index contributed by atoms with van der Waals surface area (Å²) >= 11 is 6.14. The van der Waals surface area contributed by atoms with Crippen molar-refractivity contribution in [1.82, 2.24) is 18.9 Å². The molecule has 1 aromatic heterocycles. The SMILES string of the molecule is O=C(NS(=O)(=O)c1ccc(NC2CCN(S(=O)(=O)c3cccc4cccnc34)CC2)c(S(=O)(=O)C(F)(F)F)c1)c1ccc(N2CCN(Cc3ccccc3-c3ccc(Cl)cc3)CC2)cc1Oc1ccccc1. The van der Waals surface area contributed by atoms with Crippen molar-refractivity contribution in [2.45, 2.75) is 45.6 Å². The third-order valence-corrected chi connectivity index (χ3v) is 17.6. The number of piperidine rings is 1. The third kappa shape index (κ3) is 10.8. The van der Waals surface area contributed by atoms with E-state index in [1.807, 2.05) is 41.1 Å². The van der Waals surface area contributed by atoms with E-state index in [1.54, 1.807) is 66.7 Å². The van der Waals surface area contributed by atoms with E-state index in [9.17, 15) is 43.2 Å². The molecule has 14 nitrogen and oxygen atoms in total. The molecule has 2 saturated heterocycles. The van der Waals surface area contributed by atoms with Crippen molar-refractivity contribution < 1.29 is 48.0 Å². The molecule has 21 heteroatoms. The molecule has 0 bridgehead atoms. The normalized spacial score (nSPS) is 15.6. The van der Waals surface area contributed by atoms with Crippen LogP contribution in [-0.2, 0) is 36.4 Å². The molecule has 2 N–H and O–H groups in total. The number of sulfone groups is 1. The van der Waals surface area contributed by atoms with Gasteiger partial charge in [0.15, 0.2) is 0 Å². The molecule has 1 amide bonds. The summed E-state index contributed by atoms with van der Waals surface area (Å²) < 4.78 is 133. The lowest BCUT2D eigenvalue weighted by molar-refractivity contribution is -0.0436. The molecule has 72 heavy (non-hydrogen) atoms. The van der Waals surface area contributed by atoms with Gasteiger partial charge in [-0.15, -0.1) is 0 Å². The highest BCUT2D eigenvalue weighted by atomic mass is 35.5. The molecular weight excluding hydrogens is 1010 g/mol. The number of pyridine rings is 1. The Hall–Kier alpha value is -6.55. The van der Waals surface area contributed by atoms with Gasteiger partial charge in [-0.3, -0.25) is 14.7 Å². The average Bonchev–Trinajstić information content (AvgIpc) is 3.37. The number of anilines is 2. The molecule has 9 rings (SSSR count). The molecule has 2 fully saturated rings. The topological polar surface area (TPSA) is 175 Å². The number of carbonyl (C=O) groups is 1. The fraction of sp³-hybridized carbons (Fsp3) is 0.216. The lowest BCUT2D eigenvalue weighted by Crippen LogP contribution is -2.46. The molecule has 2 aliphatic rings. The smallest absolute Gasteiger partial charge is 0.456 e. The van der Waals surface area contributed by atoms with Gasteiger partial charge in [0.1, 0.15) is 21.3 Å². The number of halogens is 4. The maximum absolute atomic E-state index is 14.2. The van der Waals surface area contributed by atoms with Crippen LogP contribution >= 0.6 is 11.6 Å². The van der Waals surface area contributed by atoms with Crippen LogP contribution in [0.4, 0.5) is 24.5 Å². The van der Waals surface area contributed by atoms with Gasteiger partial charge in [-0.05, 0) is 96.3 Å². The van der Waals surface area contributed by atoms with Gasteiger partial charge in [-0.2, -0.15) is 17.5 Å². The van der Waals surface area contributed by atoms with Crippen molar-refractivity contribution in [2.24, 2.45) is 0 Å². The van der Waals surface area contributed by atoms with Crippen molar-refractivity contribution >= 4 is 69.7 Å². The van der Waals surface area contributed by atoms with Crippen LogP contribution in [0.5, 0.6) is 11.5 Å². The number of hydrogen-bond donors (Lipinski definition) is 2. The van der Waals surface area contributed by atoms with Gasteiger partial charge < -0.3 is 15.0 Å². The number of alkyl halides is 3. The van der Waals surface area contributed by atoms with Crippen LogP contribution < -0.4 is 19.7 Å². The first-order chi connectivity index (χ1) is 34.4. The van der Waals surface area contributed by atoms with Gasteiger partial charge in [0, 0.05) is 80.2 Å². The number of rotatable bonds is 14. The minimum atomic E-state index is -6.19. The summed E-state index contributed by atoms with van der Waals surface area (Å²) in [5.41, 5.74) is -2.36. The molecule has 0 atom stereocenters. The molecule has 7 aromatic rings. The number of aromatic nitrogens is 1. The zero-order valence-corrected chi connectivity index (χ0v) is 41.4. The molecule has 6 aromatic carbocycles. The quantitative estimate of drug-likeness (QED) is 0.106. The number of sulfonamides is 2. The minimum absolute atomic E-state index is 0.0129. The van der Waals surface area contributed by atoms with Crippen molar-refractivity contribution in [3.63, 3.8) is 0 Å². The minimum Gasteiger partial charge on any atom is -0.456 e. The van der Waals surface area contributed by atoms with E-state index >= 15 is 0 Å². The predicted octanol–water partition coefficient (Wildman–Crippen LogP) is 9.35. The largest absolute Gasteiger partial charge is 0.501 e. The standard InChI is InChI=1S/C51H46ClF3N6O8S3/c52-38-17-15-35(16-18-38)43-13-5-4-8-37(43)34-59-28-30-60(31-29-59)40-19-21-44(46(32-40)69-41-11-2-1-3-12-41)50(62)58-71(65,66)42-20-22-45(48(33-42)70(63,64)51(53,54)55)57-39-23-26-61(27-24-39)72(67,68)47-14-6-9-36-10-7-25-56-49(36)47/h1-22,25,32-33,39,57H,23-24,26-31,34H2,(H,58,62). The number of para-hydroxylation sites is 2. The van der Waals surface area contributed by atoms with Crippen LogP contribution in [-0.4, -0.2) is 96.2 Å². The second-order valence-corrected chi connectivity index (χ2v) is 23.2. The van der Waals surface area contributed by atoms with Gasteiger partial charge in [-0.25, -0.2) is 30.0 Å². The number of ether oxygens (including phenoxy) is 1. The van der Waals surface area contributed by atoms with Crippen molar-refractivity contribution in [3.05, 3.63) is 168 Å². The monoisotopic (exact) mass is 1060 g/mol. The molecular formula is C51H46ClF3N6O8S3. The molecule has 0 spiro atoms. The number of nitrogens with zero attached hydrogens (tertiary/aromatic N) is 4. The van der Waals surface area contributed by atoms with Crippen molar-refractivity contribution in [3.8, 4) is 22.6 Å². The summed E-state index contributed by atoms with van der Waals surface area (Å²) in [6.45, 7) is 3.15. The molecule has 0 saturated carbocycles. The molecule has 0 radical (unpaired) electrons. The van der Waals surface area contributed by atoms with E-state index in [2.05, 4.69) is 32.2 Å². The van der Waals surface area contributed by atoms with Gasteiger partial charge in [0.2, 0.25) is 10.0 Å². The van der Waals surface area contributed by atoms with Crippen molar-refractivity contribution in [1.29, 1.82) is 0 Å². The van der Waals surface area contributed by atoms with Crippen LogP contribution in [0.2, 0.25) is 5.02 Å². The zero-order chi connectivity index (χ0) is 50.8. The summed E-state index contributed by atoms with van der Waals surface area (Å²) in [4.78, 5) is 20.3. The maximum atomic E-state index is 14.2. The third-order valence-electron chi connectivity index (χ3n) is 12.6. The fourth-order valence-corrected chi connectivity index (χ4v) is 12.6. The van der Waals surface area contributed by atoms with Crippen LogP contribution in [0, 0.1) is 0 Å². The lowest BCUT2D eigenvalue weighted by atomic mass is 9.99. The second kappa shape index (κ2) is 20.5. The Labute approximate surface area is 420 Å². The fourth-order valence-electron chi connectivity index (χ4n) is 8.83. The predicted molar refractivity (Wildman–Crippen MR) is 269 cm³/mol. The first-order valence-corrected chi connectivity index (χ1v) is 27.5. The van der Waals surface area contributed by atoms with Crippen LogP contribution in [0.25, 0.3) is 22.0 Å². The van der Waals surface area contributed by atoms with E-state index in [4.69, 9.17) is 16.3 Å². The number of piperazine rings is 1. The Balaban J connectivity index is 0.913. The second-order valence-electron chi connectivity index (χ2n) is 17.2. The summed E-state index contributed by atoms with van der Waals surface area (Å²) in [5, 5.41) is 4.04. The summed E-state index contributed by atoms with van der Waals surface area (Å²) in [5.74, 6) is -0.881. The Morgan fingerprint density at radius 1 is 0.722 bits per heavy atom. The molecule has 0 unspecified atom stereocenters. The summed E-state index contributed by atoms with van der Waals surface area (Å²) in [6, 6.07) is 38.5. The molecule has 374 valence electrons. The number of carbonyl (C=O) groups excluding carboxylic acids is 1. The highest BCUT2D eigenvalue weighted by Crippen LogP contribution is 2.38. The summed E-state index contributed by atoms with van der Waals surface area (Å²) in [6.07, 6.45) is 1.59. The summed E-state index contributed by atoms with van der Waals surface area (Å²) in [7, 11) is -15.3. The van der Waals surface area contributed by atoms with Gasteiger partial charge >= 0.3 is 5.51 Å². The number of nitrogens with one attached hydrogen (secondary N) is 2. The highest BCUT2D eigenvalue weighted by molar-refractivity contribution is 7.92. The first-order valence-electron chi connectivity index (χ1n) is 22.7.